The molecule has 22 heavy (non-hydrogen) atoms. The fraction of sp³-hybridized carbons (Fsp3) is 0.400. The van der Waals surface area contributed by atoms with E-state index in [1.165, 1.54) is 16.7 Å². The first-order chi connectivity index (χ1) is 10.5. The summed E-state index contributed by atoms with van der Waals surface area (Å²) in [6.45, 7) is 7.26. The van der Waals surface area contributed by atoms with E-state index in [1.807, 2.05) is 6.07 Å². The average molecular weight is 297 g/mol. The van der Waals surface area contributed by atoms with Crippen LogP contribution >= 0.6 is 0 Å². The van der Waals surface area contributed by atoms with Crippen molar-refractivity contribution in [3.63, 3.8) is 0 Å². The summed E-state index contributed by atoms with van der Waals surface area (Å²) in [6.07, 6.45) is 0.872. The van der Waals surface area contributed by atoms with Crippen LogP contribution in [0.15, 0.2) is 48.5 Å². The van der Waals surface area contributed by atoms with Crippen molar-refractivity contribution in [3.8, 4) is 5.75 Å². The zero-order chi connectivity index (χ0) is 16.2. The molecule has 0 aliphatic rings. The normalized spacial score (nSPS) is 13.9. The molecular formula is C20H27NO. The summed E-state index contributed by atoms with van der Waals surface area (Å²) in [5.74, 6) is 1.45. The fourth-order valence-electron chi connectivity index (χ4n) is 2.85. The Labute approximate surface area is 134 Å². The van der Waals surface area contributed by atoms with Crippen LogP contribution in [0.5, 0.6) is 5.75 Å². The number of nitrogens with two attached hydrogens (primary N) is 1. The van der Waals surface area contributed by atoms with Crippen molar-refractivity contribution in [1.29, 1.82) is 0 Å². The summed E-state index contributed by atoms with van der Waals surface area (Å²) in [4.78, 5) is 0. The molecule has 2 heteroatoms. The van der Waals surface area contributed by atoms with Gasteiger partial charge in [-0.1, -0.05) is 63.2 Å². The Morgan fingerprint density at radius 3 is 2.32 bits per heavy atom. The molecule has 1 atom stereocenters. The van der Waals surface area contributed by atoms with Crippen LogP contribution in [0, 0.1) is 0 Å². The van der Waals surface area contributed by atoms with Gasteiger partial charge in [-0.3, -0.25) is 0 Å². The monoisotopic (exact) mass is 297 g/mol. The van der Waals surface area contributed by atoms with E-state index in [2.05, 4.69) is 63.2 Å². The second kappa shape index (κ2) is 6.97. The Morgan fingerprint density at radius 1 is 1.09 bits per heavy atom. The van der Waals surface area contributed by atoms with E-state index >= 15 is 0 Å². The molecule has 0 saturated heterocycles. The maximum Gasteiger partial charge on any atom is 0.122 e. The lowest BCUT2D eigenvalue weighted by molar-refractivity contribution is 0.398. The number of hydrogen-bond donors (Lipinski definition) is 1. The van der Waals surface area contributed by atoms with Crippen LogP contribution < -0.4 is 10.5 Å². The predicted octanol–water partition coefficient (Wildman–Crippen LogP) is 4.28. The average Bonchev–Trinajstić information content (AvgIpc) is 2.55. The molecule has 0 saturated carbocycles. The van der Waals surface area contributed by atoms with Gasteiger partial charge < -0.3 is 10.5 Å². The maximum atomic E-state index is 6.14. The van der Waals surface area contributed by atoms with Gasteiger partial charge in [0.15, 0.2) is 0 Å². The zero-order valence-corrected chi connectivity index (χ0v) is 14.1. The van der Waals surface area contributed by atoms with Crippen LogP contribution in [0.3, 0.4) is 0 Å². The van der Waals surface area contributed by atoms with Crippen LogP contribution in [0.2, 0.25) is 0 Å². The third kappa shape index (κ3) is 3.50. The lowest BCUT2D eigenvalue weighted by Crippen LogP contribution is -2.34. The summed E-state index contributed by atoms with van der Waals surface area (Å²) < 4.78 is 5.57. The molecule has 2 rings (SSSR count). The van der Waals surface area contributed by atoms with Gasteiger partial charge in [-0.05, 0) is 35.1 Å². The van der Waals surface area contributed by atoms with Crippen molar-refractivity contribution < 1.29 is 4.74 Å². The van der Waals surface area contributed by atoms with Crippen LogP contribution in [0.4, 0.5) is 0 Å². The Bertz CT molecular complexity index is 606. The van der Waals surface area contributed by atoms with Gasteiger partial charge >= 0.3 is 0 Å². The molecule has 1 unspecified atom stereocenters. The second-order valence-corrected chi connectivity index (χ2v) is 6.53. The molecule has 2 N–H and O–H groups in total. The third-order valence-electron chi connectivity index (χ3n) is 4.47. The van der Waals surface area contributed by atoms with E-state index in [-0.39, 0.29) is 5.41 Å². The van der Waals surface area contributed by atoms with E-state index in [0.29, 0.717) is 12.5 Å². The summed E-state index contributed by atoms with van der Waals surface area (Å²) in [6, 6.07) is 17.0. The molecule has 0 amide bonds. The van der Waals surface area contributed by atoms with E-state index in [9.17, 15) is 0 Å². The highest BCUT2D eigenvalue weighted by molar-refractivity contribution is 5.41. The molecule has 0 aliphatic heterocycles. The third-order valence-corrected chi connectivity index (χ3v) is 4.47. The first-order valence-corrected chi connectivity index (χ1v) is 7.92. The molecule has 2 aromatic rings. The number of hydrogen-bond acceptors (Lipinski definition) is 2. The summed E-state index contributed by atoms with van der Waals surface area (Å²) >= 11 is 0. The predicted molar refractivity (Wildman–Crippen MR) is 93.6 cm³/mol. The Morgan fingerprint density at radius 2 is 1.77 bits per heavy atom. The van der Waals surface area contributed by atoms with Crippen molar-refractivity contribution in [3.05, 3.63) is 65.2 Å². The molecule has 0 radical (unpaired) electrons. The fourth-order valence-corrected chi connectivity index (χ4v) is 2.85. The van der Waals surface area contributed by atoms with Gasteiger partial charge in [-0.15, -0.1) is 0 Å². The minimum atomic E-state index is -0.0931. The number of rotatable bonds is 6. The first kappa shape index (κ1) is 16.6. The summed E-state index contributed by atoms with van der Waals surface area (Å²) in [7, 11) is 1.73. The Hall–Kier alpha value is -1.80. The molecular weight excluding hydrogens is 270 g/mol. The van der Waals surface area contributed by atoms with Crippen molar-refractivity contribution in [2.24, 2.45) is 5.73 Å². The van der Waals surface area contributed by atoms with Gasteiger partial charge in [0, 0.05) is 12.0 Å². The van der Waals surface area contributed by atoms with Gasteiger partial charge in [-0.25, -0.2) is 0 Å². The van der Waals surface area contributed by atoms with Crippen LogP contribution in [0.25, 0.3) is 0 Å². The molecule has 0 spiro atoms. The lowest BCUT2D eigenvalue weighted by atomic mass is 9.77. The van der Waals surface area contributed by atoms with Crippen molar-refractivity contribution in [2.75, 3.05) is 13.7 Å². The maximum absolute atomic E-state index is 6.14. The summed E-state index contributed by atoms with van der Waals surface area (Å²) in [5.41, 5.74) is 9.88. The zero-order valence-electron chi connectivity index (χ0n) is 14.1. The quantitative estimate of drug-likeness (QED) is 0.864. The van der Waals surface area contributed by atoms with Gasteiger partial charge in [0.2, 0.25) is 0 Å². The van der Waals surface area contributed by atoms with Gasteiger partial charge in [0.25, 0.3) is 0 Å². The molecule has 2 aromatic carbocycles. The molecule has 0 heterocycles. The lowest BCUT2D eigenvalue weighted by Gasteiger charge is -2.30. The van der Waals surface area contributed by atoms with Gasteiger partial charge in [0.1, 0.15) is 5.75 Å². The smallest absolute Gasteiger partial charge is 0.122 e. The van der Waals surface area contributed by atoms with Crippen LogP contribution in [-0.2, 0) is 11.8 Å². The van der Waals surface area contributed by atoms with E-state index in [4.69, 9.17) is 10.5 Å². The second-order valence-electron chi connectivity index (χ2n) is 6.53. The minimum absolute atomic E-state index is 0.0931. The van der Waals surface area contributed by atoms with Crippen LogP contribution in [-0.4, -0.2) is 13.7 Å². The molecule has 118 valence electrons. The van der Waals surface area contributed by atoms with Crippen molar-refractivity contribution >= 4 is 0 Å². The highest BCUT2D eigenvalue weighted by atomic mass is 16.5. The SMILES string of the molecule is COc1ccc(C(C)C)cc1CC(C)(CN)c1ccccc1. The van der Waals surface area contributed by atoms with Crippen molar-refractivity contribution in [1.82, 2.24) is 0 Å². The number of benzene rings is 2. The molecule has 0 aromatic heterocycles. The number of ether oxygens (including phenoxy) is 1. The Balaban J connectivity index is 2.40. The largest absolute Gasteiger partial charge is 0.496 e. The van der Waals surface area contributed by atoms with Crippen LogP contribution in [0.1, 0.15) is 43.4 Å². The van der Waals surface area contributed by atoms with Gasteiger partial charge in [-0.2, -0.15) is 0 Å². The summed E-state index contributed by atoms with van der Waals surface area (Å²) in [5, 5.41) is 0. The minimum Gasteiger partial charge on any atom is -0.496 e. The van der Waals surface area contributed by atoms with E-state index in [1.54, 1.807) is 7.11 Å². The topological polar surface area (TPSA) is 35.2 Å². The highest BCUT2D eigenvalue weighted by Gasteiger charge is 2.27. The standard InChI is InChI=1S/C20H27NO/c1-15(2)16-10-11-19(22-4)17(12-16)13-20(3,14-21)18-8-6-5-7-9-18/h5-12,15H,13-14,21H2,1-4H3. The highest BCUT2D eigenvalue weighted by Crippen LogP contribution is 2.32. The molecule has 2 nitrogen and oxygen atoms in total. The molecule has 0 fully saturated rings. The molecule has 0 bridgehead atoms. The van der Waals surface area contributed by atoms with E-state index < -0.39 is 0 Å². The Kier molecular flexibility index (Phi) is 5.25. The number of methoxy groups -OCH3 is 1. The van der Waals surface area contributed by atoms with E-state index in [0.717, 1.165) is 12.2 Å². The first-order valence-electron chi connectivity index (χ1n) is 7.92. The van der Waals surface area contributed by atoms with Crippen molar-refractivity contribution in [2.45, 2.75) is 38.5 Å². The van der Waals surface area contributed by atoms with Gasteiger partial charge in [0.05, 0.1) is 7.11 Å². The molecule has 0 aliphatic carbocycles.